The molecule has 1 aliphatic carbocycles. The average Bonchev–Trinajstić information content (AvgIpc) is 2.62. The number of esters is 1. The van der Waals surface area contributed by atoms with Crippen LogP contribution in [-0.4, -0.2) is 12.1 Å². The summed E-state index contributed by atoms with van der Waals surface area (Å²) in [5.41, 5.74) is 0.506. The van der Waals surface area contributed by atoms with E-state index in [1.165, 1.54) is 6.07 Å². The van der Waals surface area contributed by atoms with E-state index in [-0.39, 0.29) is 29.2 Å². The van der Waals surface area contributed by atoms with Gasteiger partial charge in [-0.2, -0.15) is 0 Å². The summed E-state index contributed by atoms with van der Waals surface area (Å²) in [5, 5.41) is 0. The molecule has 94 valence electrons. The third-order valence-corrected chi connectivity index (χ3v) is 4.00. The number of hydrogen-bond donors (Lipinski definition) is 0. The van der Waals surface area contributed by atoms with Gasteiger partial charge in [-0.3, -0.25) is 4.79 Å². The topological polar surface area (TPSA) is 26.3 Å². The zero-order valence-electron chi connectivity index (χ0n) is 10.2. The van der Waals surface area contributed by atoms with Gasteiger partial charge in [0.15, 0.2) is 0 Å². The minimum Gasteiger partial charge on any atom is -0.457 e. The highest BCUT2D eigenvalue weighted by Crippen LogP contribution is 2.47. The van der Waals surface area contributed by atoms with Crippen molar-refractivity contribution in [1.29, 1.82) is 0 Å². The first-order chi connectivity index (χ1) is 8.58. The molecule has 0 bridgehead atoms. The summed E-state index contributed by atoms with van der Waals surface area (Å²) in [7, 11) is 0. The molecule has 0 radical (unpaired) electrons. The van der Waals surface area contributed by atoms with Gasteiger partial charge in [0.2, 0.25) is 0 Å². The first-order valence-electron chi connectivity index (χ1n) is 6.21. The summed E-state index contributed by atoms with van der Waals surface area (Å²) in [6, 6.07) is 6.83. The van der Waals surface area contributed by atoms with E-state index in [4.69, 9.17) is 4.74 Å². The second kappa shape index (κ2) is 3.94. The van der Waals surface area contributed by atoms with Gasteiger partial charge in [-0.05, 0) is 24.1 Å². The smallest absolute Gasteiger partial charge is 0.307 e. The molecule has 1 aromatic rings. The van der Waals surface area contributed by atoms with E-state index in [0.717, 1.165) is 6.42 Å². The second-order valence-electron chi connectivity index (χ2n) is 5.46. The summed E-state index contributed by atoms with van der Waals surface area (Å²) in [6.45, 7) is 2.04. The molecule has 1 aliphatic heterocycles. The monoisotopic (exact) mass is 246 g/mol. The van der Waals surface area contributed by atoms with Crippen molar-refractivity contribution in [2.75, 3.05) is 0 Å². The molecule has 0 aromatic heterocycles. The lowest BCUT2D eigenvalue weighted by molar-refractivity contribution is -0.140. The summed E-state index contributed by atoms with van der Waals surface area (Å²) in [5.74, 6) is -0.303. The Balaban J connectivity index is 1.92. The molecule has 3 rings (SSSR count). The second-order valence-corrected chi connectivity index (χ2v) is 5.46. The van der Waals surface area contributed by atoms with Gasteiger partial charge >= 0.3 is 5.97 Å². The Morgan fingerprint density at radius 2 is 2.11 bits per heavy atom. The Morgan fingerprint density at radius 3 is 2.89 bits per heavy atom. The summed E-state index contributed by atoms with van der Waals surface area (Å²) >= 11 is 0. The third kappa shape index (κ3) is 1.74. The SMILES string of the molecule is C[C@@]12CC(=O)O[C@@H]1C=C[C@@H](c1ccccc1F)C2. The standard InChI is InChI=1S/C15H15FO2/c1-15-8-10(11-4-2-3-5-12(11)16)6-7-13(15)18-14(17)9-15/h2-7,10,13H,8-9H2,1H3/t10-,13-,15-/m1/s1. The molecule has 3 atom stereocenters. The van der Waals surface area contributed by atoms with Gasteiger partial charge in [0.1, 0.15) is 11.9 Å². The van der Waals surface area contributed by atoms with Crippen LogP contribution < -0.4 is 0 Å². The zero-order chi connectivity index (χ0) is 12.8. The van der Waals surface area contributed by atoms with Gasteiger partial charge < -0.3 is 4.74 Å². The molecular weight excluding hydrogens is 231 g/mol. The molecule has 0 N–H and O–H groups in total. The van der Waals surface area contributed by atoms with E-state index in [9.17, 15) is 9.18 Å². The average molecular weight is 246 g/mol. The molecule has 0 spiro atoms. The van der Waals surface area contributed by atoms with Crippen molar-refractivity contribution < 1.29 is 13.9 Å². The maximum atomic E-state index is 13.8. The van der Waals surface area contributed by atoms with E-state index in [2.05, 4.69) is 0 Å². The van der Waals surface area contributed by atoms with E-state index in [1.807, 2.05) is 31.2 Å². The van der Waals surface area contributed by atoms with E-state index in [1.54, 1.807) is 6.07 Å². The first kappa shape index (κ1) is 11.5. The third-order valence-electron chi connectivity index (χ3n) is 4.00. The first-order valence-corrected chi connectivity index (χ1v) is 6.21. The van der Waals surface area contributed by atoms with Crippen molar-refractivity contribution >= 4 is 5.97 Å². The molecule has 3 heteroatoms. The lowest BCUT2D eigenvalue weighted by atomic mass is 9.70. The number of carbonyl (C=O) groups excluding carboxylic acids is 1. The zero-order valence-corrected chi connectivity index (χ0v) is 10.2. The summed E-state index contributed by atoms with van der Waals surface area (Å²) in [4.78, 5) is 11.4. The van der Waals surface area contributed by atoms with E-state index in [0.29, 0.717) is 12.0 Å². The normalized spacial score (nSPS) is 34.2. The molecule has 2 nitrogen and oxygen atoms in total. The van der Waals surface area contributed by atoms with Crippen LogP contribution in [0.15, 0.2) is 36.4 Å². The van der Waals surface area contributed by atoms with E-state index >= 15 is 0 Å². The van der Waals surface area contributed by atoms with Crippen LogP contribution in [0.5, 0.6) is 0 Å². The number of hydrogen-bond acceptors (Lipinski definition) is 2. The van der Waals surface area contributed by atoms with Gasteiger partial charge in [-0.15, -0.1) is 0 Å². The highest BCUT2D eigenvalue weighted by Gasteiger charge is 2.47. The number of halogens is 1. The molecule has 0 unspecified atom stereocenters. The van der Waals surface area contributed by atoms with Crippen LogP contribution in [0, 0.1) is 11.2 Å². The lowest BCUT2D eigenvalue weighted by Crippen LogP contribution is -2.31. The summed E-state index contributed by atoms with van der Waals surface area (Å²) in [6.07, 6.45) is 4.90. The predicted octanol–water partition coefficient (Wildman–Crippen LogP) is 3.19. The van der Waals surface area contributed by atoms with Crippen LogP contribution >= 0.6 is 0 Å². The van der Waals surface area contributed by atoms with Gasteiger partial charge in [-0.25, -0.2) is 4.39 Å². The minimum atomic E-state index is -0.196. The molecule has 1 saturated heterocycles. The van der Waals surface area contributed by atoms with Crippen LogP contribution in [0.1, 0.15) is 31.2 Å². The van der Waals surface area contributed by atoms with Gasteiger partial charge in [-0.1, -0.05) is 31.2 Å². The van der Waals surface area contributed by atoms with Crippen LogP contribution in [0.2, 0.25) is 0 Å². The number of carbonyl (C=O) groups is 1. The number of ether oxygens (including phenoxy) is 1. The van der Waals surface area contributed by atoms with Crippen molar-refractivity contribution in [2.45, 2.75) is 31.8 Å². The van der Waals surface area contributed by atoms with Crippen molar-refractivity contribution in [3.63, 3.8) is 0 Å². The Hall–Kier alpha value is -1.64. The number of fused-ring (bicyclic) bond motifs is 1. The van der Waals surface area contributed by atoms with Crippen LogP contribution in [0.25, 0.3) is 0 Å². The van der Waals surface area contributed by atoms with Gasteiger partial charge in [0.25, 0.3) is 0 Å². The van der Waals surface area contributed by atoms with Crippen molar-refractivity contribution in [3.8, 4) is 0 Å². The largest absolute Gasteiger partial charge is 0.457 e. The Morgan fingerprint density at radius 1 is 1.33 bits per heavy atom. The quantitative estimate of drug-likeness (QED) is 0.562. The van der Waals surface area contributed by atoms with Gasteiger partial charge in [0, 0.05) is 11.3 Å². The summed E-state index contributed by atoms with van der Waals surface area (Å²) < 4.78 is 19.1. The van der Waals surface area contributed by atoms with E-state index < -0.39 is 0 Å². The number of benzene rings is 1. The maximum absolute atomic E-state index is 13.8. The maximum Gasteiger partial charge on any atom is 0.307 e. The molecule has 1 aromatic carbocycles. The fraction of sp³-hybridized carbons (Fsp3) is 0.400. The predicted molar refractivity (Wildman–Crippen MR) is 65.5 cm³/mol. The highest BCUT2D eigenvalue weighted by molar-refractivity contribution is 5.73. The Bertz CT molecular complexity index is 523. The molecule has 0 saturated carbocycles. The van der Waals surface area contributed by atoms with Crippen molar-refractivity contribution in [2.24, 2.45) is 5.41 Å². The number of rotatable bonds is 1. The lowest BCUT2D eigenvalue weighted by Gasteiger charge is -2.34. The van der Waals surface area contributed by atoms with Crippen LogP contribution in [0.3, 0.4) is 0 Å². The molecule has 2 aliphatic rings. The van der Waals surface area contributed by atoms with Crippen molar-refractivity contribution in [3.05, 3.63) is 47.8 Å². The number of allylic oxidation sites excluding steroid dienone is 1. The van der Waals surface area contributed by atoms with Gasteiger partial charge in [0.05, 0.1) is 6.42 Å². The van der Waals surface area contributed by atoms with Crippen LogP contribution in [-0.2, 0) is 9.53 Å². The fourth-order valence-corrected chi connectivity index (χ4v) is 3.01. The Kier molecular flexibility index (Phi) is 2.51. The molecule has 18 heavy (non-hydrogen) atoms. The molecule has 1 fully saturated rings. The molecular formula is C15H15FO2. The molecule has 0 amide bonds. The minimum absolute atomic E-state index is 0.0296. The van der Waals surface area contributed by atoms with Crippen molar-refractivity contribution in [1.82, 2.24) is 0 Å². The fourth-order valence-electron chi connectivity index (χ4n) is 3.01. The highest BCUT2D eigenvalue weighted by atomic mass is 19.1. The molecule has 1 heterocycles. The Labute approximate surface area is 105 Å². The van der Waals surface area contributed by atoms with Crippen LogP contribution in [0.4, 0.5) is 4.39 Å².